The molecule has 0 spiro atoms. The lowest BCUT2D eigenvalue weighted by molar-refractivity contribution is 0.244. The second kappa shape index (κ2) is 5.65. The molecule has 2 fully saturated rings. The SMILES string of the molecule is N=C(N)c1ccc(Cl)cc1N1CCC[C@H]2CCCC[C@H]21. The van der Waals surface area contributed by atoms with Crippen molar-refractivity contribution in [3.05, 3.63) is 28.8 Å². The Labute approximate surface area is 125 Å². The fraction of sp³-hybridized carbons (Fsp3) is 0.562. The molecule has 0 aromatic heterocycles. The normalized spacial score (nSPS) is 26.1. The molecule has 0 unspecified atom stereocenters. The van der Waals surface area contributed by atoms with E-state index in [1.165, 1.54) is 38.5 Å². The molecule has 1 aromatic carbocycles. The van der Waals surface area contributed by atoms with Gasteiger partial charge < -0.3 is 10.6 Å². The molecule has 108 valence electrons. The van der Waals surface area contributed by atoms with Crippen LogP contribution in [0.15, 0.2) is 18.2 Å². The number of benzene rings is 1. The predicted octanol–water partition coefficient (Wildman–Crippen LogP) is 3.78. The molecule has 1 aliphatic heterocycles. The van der Waals surface area contributed by atoms with Crippen LogP contribution < -0.4 is 10.6 Å². The van der Waals surface area contributed by atoms with Gasteiger partial charge in [0.05, 0.1) is 0 Å². The first-order valence-electron chi connectivity index (χ1n) is 7.57. The highest BCUT2D eigenvalue weighted by atomic mass is 35.5. The predicted molar refractivity (Wildman–Crippen MR) is 84.8 cm³/mol. The monoisotopic (exact) mass is 291 g/mol. The van der Waals surface area contributed by atoms with E-state index in [0.717, 1.165) is 28.7 Å². The Morgan fingerprint density at radius 2 is 1.95 bits per heavy atom. The summed E-state index contributed by atoms with van der Waals surface area (Å²) in [7, 11) is 0. The fourth-order valence-corrected chi connectivity index (χ4v) is 4.06. The molecule has 0 radical (unpaired) electrons. The smallest absolute Gasteiger partial charge is 0.124 e. The molecule has 4 heteroatoms. The summed E-state index contributed by atoms with van der Waals surface area (Å²) in [6.45, 7) is 1.06. The van der Waals surface area contributed by atoms with Crippen molar-refractivity contribution in [3.8, 4) is 0 Å². The lowest BCUT2D eigenvalue weighted by Gasteiger charge is -2.46. The van der Waals surface area contributed by atoms with Crippen molar-refractivity contribution in [1.29, 1.82) is 5.41 Å². The van der Waals surface area contributed by atoms with Crippen molar-refractivity contribution in [2.75, 3.05) is 11.4 Å². The van der Waals surface area contributed by atoms with Crippen LogP contribution in [0.1, 0.15) is 44.1 Å². The zero-order valence-corrected chi connectivity index (χ0v) is 12.5. The summed E-state index contributed by atoms with van der Waals surface area (Å²) in [6, 6.07) is 6.29. The average Bonchev–Trinajstić information content (AvgIpc) is 2.46. The third-order valence-corrected chi connectivity index (χ3v) is 5.04. The standard InChI is InChI=1S/C16H22ClN3/c17-12-7-8-13(16(18)19)15(10-12)20-9-3-5-11-4-1-2-6-14(11)20/h7-8,10-11,14H,1-6,9H2,(H3,18,19)/t11-,14-/m1/s1. The minimum absolute atomic E-state index is 0.134. The molecule has 20 heavy (non-hydrogen) atoms. The largest absolute Gasteiger partial charge is 0.384 e. The van der Waals surface area contributed by atoms with E-state index in [9.17, 15) is 0 Å². The van der Waals surface area contributed by atoms with Gasteiger partial charge in [0.15, 0.2) is 0 Å². The molecule has 1 saturated carbocycles. The molecule has 3 rings (SSSR count). The first-order chi connectivity index (χ1) is 9.66. The average molecular weight is 292 g/mol. The Morgan fingerprint density at radius 1 is 1.20 bits per heavy atom. The van der Waals surface area contributed by atoms with Crippen molar-refractivity contribution >= 4 is 23.1 Å². The number of halogens is 1. The first kappa shape index (κ1) is 13.7. The summed E-state index contributed by atoms with van der Waals surface area (Å²) in [4.78, 5) is 2.47. The van der Waals surface area contributed by atoms with Crippen molar-refractivity contribution in [1.82, 2.24) is 0 Å². The molecule has 1 aliphatic carbocycles. The maximum atomic E-state index is 7.81. The Balaban J connectivity index is 1.98. The van der Waals surface area contributed by atoms with E-state index in [2.05, 4.69) is 4.90 Å². The van der Waals surface area contributed by atoms with E-state index in [1.807, 2.05) is 18.2 Å². The van der Waals surface area contributed by atoms with Crippen LogP contribution in [0.25, 0.3) is 0 Å². The van der Waals surface area contributed by atoms with Crippen LogP contribution >= 0.6 is 11.6 Å². The Hall–Kier alpha value is -1.22. The minimum atomic E-state index is 0.134. The highest BCUT2D eigenvalue weighted by Gasteiger charge is 2.34. The van der Waals surface area contributed by atoms with Gasteiger partial charge in [-0.15, -0.1) is 0 Å². The molecule has 1 heterocycles. The van der Waals surface area contributed by atoms with Crippen molar-refractivity contribution in [2.45, 2.75) is 44.6 Å². The number of hydrogen-bond acceptors (Lipinski definition) is 2. The number of piperidine rings is 1. The summed E-state index contributed by atoms with van der Waals surface area (Å²) in [5.41, 5.74) is 7.63. The van der Waals surface area contributed by atoms with E-state index in [-0.39, 0.29) is 5.84 Å². The maximum Gasteiger partial charge on any atom is 0.124 e. The number of fused-ring (bicyclic) bond motifs is 1. The topological polar surface area (TPSA) is 53.1 Å². The van der Waals surface area contributed by atoms with Gasteiger partial charge in [-0.05, 0) is 49.8 Å². The summed E-state index contributed by atoms with van der Waals surface area (Å²) in [5, 5.41) is 8.53. The summed E-state index contributed by atoms with van der Waals surface area (Å²) in [5.74, 6) is 0.936. The number of nitrogens with two attached hydrogens (primary N) is 1. The zero-order valence-electron chi connectivity index (χ0n) is 11.7. The van der Waals surface area contributed by atoms with E-state index in [1.54, 1.807) is 0 Å². The number of nitrogen functional groups attached to an aromatic ring is 1. The third-order valence-electron chi connectivity index (χ3n) is 4.80. The Bertz CT molecular complexity index is 512. The van der Waals surface area contributed by atoms with Gasteiger partial charge >= 0.3 is 0 Å². The number of amidine groups is 1. The first-order valence-corrected chi connectivity index (χ1v) is 7.95. The molecular weight excluding hydrogens is 270 g/mol. The lowest BCUT2D eigenvalue weighted by atomic mass is 9.78. The van der Waals surface area contributed by atoms with Crippen LogP contribution in [-0.2, 0) is 0 Å². The van der Waals surface area contributed by atoms with E-state index < -0.39 is 0 Å². The summed E-state index contributed by atoms with van der Waals surface area (Å²) < 4.78 is 0. The van der Waals surface area contributed by atoms with E-state index in [0.29, 0.717) is 6.04 Å². The van der Waals surface area contributed by atoms with Crippen molar-refractivity contribution in [3.63, 3.8) is 0 Å². The number of anilines is 1. The molecule has 2 atom stereocenters. The van der Waals surface area contributed by atoms with Crippen LogP contribution in [0.2, 0.25) is 5.02 Å². The summed E-state index contributed by atoms with van der Waals surface area (Å²) in [6.07, 6.45) is 7.85. The highest BCUT2D eigenvalue weighted by Crippen LogP contribution is 2.39. The molecular formula is C16H22ClN3. The maximum absolute atomic E-state index is 7.81. The highest BCUT2D eigenvalue weighted by molar-refractivity contribution is 6.31. The second-order valence-electron chi connectivity index (χ2n) is 6.02. The number of nitrogens with one attached hydrogen (secondary N) is 1. The van der Waals surface area contributed by atoms with Gasteiger partial charge in [0.1, 0.15) is 5.84 Å². The quantitative estimate of drug-likeness (QED) is 0.643. The fourth-order valence-electron chi connectivity index (χ4n) is 3.89. The molecule has 3 N–H and O–H groups in total. The van der Waals surface area contributed by atoms with Crippen molar-refractivity contribution < 1.29 is 0 Å². The van der Waals surface area contributed by atoms with E-state index >= 15 is 0 Å². The molecule has 0 bridgehead atoms. The molecule has 2 aliphatic rings. The third kappa shape index (κ3) is 2.51. The van der Waals surface area contributed by atoms with Crippen LogP contribution in [0.3, 0.4) is 0 Å². The van der Waals surface area contributed by atoms with Crippen LogP contribution in [0.4, 0.5) is 5.69 Å². The summed E-state index contributed by atoms with van der Waals surface area (Å²) >= 11 is 6.18. The lowest BCUT2D eigenvalue weighted by Crippen LogP contribution is -2.47. The number of hydrogen-bond donors (Lipinski definition) is 2. The van der Waals surface area contributed by atoms with E-state index in [4.69, 9.17) is 22.7 Å². The van der Waals surface area contributed by atoms with Crippen LogP contribution in [0, 0.1) is 11.3 Å². The van der Waals surface area contributed by atoms with Gasteiger partial charge in [-0.1, -0.05) is 24.4 Å². The second-order valence-corrected chi connectivity index (χ2v) is 6.46. The Morgan fingerprint density at radius 3 is 2.75 bits per heavy atom. The van der Waals surface area contributed by atoms with Gasteiger partial charge in [-0.3, -0.25) is 5.41 Å². The van der Waals surface area contributed by atoms with Gasteiger partial charge in [0.2, 0.25) is 0 Å². The zero-order chi connectivity index (χ0) is 14.1. The molecule has 3 nitrogen and oxygen atoms in total. The number of rotatable bonds is 2. The number of nitrogens with zero attached hydrogens (tertiary/aromatic N) is 1. The van der Waals surface area contributed by atoms with Crippen molar-refractivity contribution in [2.24, 2.45) is 11.7 Å². The molecule has 1 aromatic rings. The minimum Gasteiger partial charge on any atom is -0.384 e. The van der Waals surface area contributed by atoms with Gasteiger partial charge in [-0.25, -0.2) is 0 Å². The Kier molecular flexibility index (Phi) is 3.88. The van der Waals surface area contributed by atoms with Gasteiger partial charge in [0.25, 0.3) is 0 Å². The van der Waals surface area contributed by atoms with Crippen LogP contribution in [-0.4, -0.2) is 18.4 Å². The van der Waals surface area contributed by atoms with Gasteiger partial charge in [-0.2, -0.15) is 0 Å². The van der Waals surface area contributed by atoms with Crippen LogP contribution in [0.5, 0.6) is 0 Å². The molecule has 1 saturated heterocycles. The molecule has 0 amide bonds. The van der Waals surface area contributed by atoms with Gasteiger partial charge in [0, 0.05) is 28.9 Å².